The van der Waals surface area contributed by atoms with Crippen LogP contribution in [0.2, 0.25) is 0 Å². The molecule has 0 aromatic heterocycles. The Bertz CT molecular complexity index is 402. The highest BCUT2D eigenvalue weighted by Gasteiger charge is 2.34. The molecule has 1 aromatic rings. The van der Waals surface area contributed by atoms with Gasteiger partial charge in [0, 0.05) is 12.1 Å². The summed E-state index contributed by atoms with van der Waals surface area (Å²) in [6.07, 6.45) is 9.42. The fraction of sp³-hybridized carbons (Fsp3) is 0.625. The van der Waals surface area contributed by atoms with E-state index in [4.69, 9.17) is 0 Å². The monoisotopic (exact) mass is 229 g/mol. The largest absolute Gasteiger partial charge is 0.307 e. The summed E-state index contributed by atoms with van der Waals surface area (Å²) in [6, 6.07) is 7.10. The van der Waals surface area contributed by atoms with Crippen molar-refractivity contribution in [1.82, 2.24) is 5.32 Å². The average Bonchev–Trinajstić information content (AvgIpc) is 2.39. The van der Waals surface area contributed by atoms with Gasteiger partial charge in [-0.3, -0.25) is 0 Å². The van der Waals surface area contributed by atoms with Crippen LogP contribution in [-0.4, -0.2) is 5.54 Å². The van der Waals surface area contributed by atoms with Crippen LogP contribution in [-0.2, 0) is 19.4 Å². The summed E-state index contributed by atoms with van der Waals surface area (Å²) < 4.78 is 0. The third-order valence-corrected chi connectivity index (χ3v) is 4.67. The summed E-state index contributed by atoms with van der Waals surface area (Å²) in [5, 5.41) is 3.84. The first-order valence-corrected chi connectivity index (χ1v) is 7.17. The topological polar surface area (TPSA) is 12.0 Å². The van der Waals surface area contributed by atoms with E-state index in [9.17, 15) is 0 Å². The van der Waals surface area contributed by atoms with E-state index in [1.54, 1.807) is 11.1 Å². The normalized spacial score (nSPS) is 22.4. The molecule has 0 radical (unpaired) electrons. The number of benzene rings is 1. The van der Waals surface area contributed by atoms with Gasteiger partial charge in [-0.1, -0.05) is 44.4 Å². The standard InChI is InChI=1S/C16H23N/c1-2-13-6-7-14-11-16(8-4-3-5-9-16)17-12-15(14)10-13/h6-7,10,17H,2-5,8-9,11-12H2,1H3. The molecule has 0 unspecified atom stereocenters. The van der Waals surface area contributed by atoms with Crippen LogP contribution in [0, 0.1) is 0 Å². The minimum atomic E-state index is 0.443. The first-order valence-electron chi connectivity index (χ1n) is 7.17. The molecule has 1 heterocycles. The van der Waals surface area contributed by atoms with Gasteiger partial charge in [-0.25, -0.2) is 0 Å². The second-order valence-corrected chi connectivity index (χ2v) is 5.83. The van der Waals surface area contributed by atoms with Gasteiger partial charge in [-0.05, 0) is 42.4 Å². The average molecular weight is 229 g/mol. The Morgan fingerprint density at radius 3 is 2.71 bits per heavy atom. The summed E-state index contributed by atoms with van der Waals surface area (Å²) in [6.45, 7) is 3.32. The maximum Gasteiger partial charge on any atom is 0.0225 e. The molecule has 0 atom stereocenters. The van der Waals surface area contributed by atoms with Crippen molar-refractivity contribution < 1.29 is 0 Å². The lowest BCUT2D eigenvalue weighted by molar-refractivity contribution is 0.215. The van der Waals surface area contributed by atoms with Crippen molar-refractivity contribution in [2.24, 2.45) is 0 Å². The van der Waals surface area contributed by atoms with Crippen molar-refractivity contribution in [1.29, 1.82) is 0 Å². The van der Waals surface area contributed by atoms with E-state index in [1.165, 1.54) is 44.1 Å². The summed E-state index contributed by atoms with van der Waals surface area (Å²) in [4.78, 5) is 0. The van der Waals surface area contributed by atoms with Crippen LogP contribution in [0.3, 0.4) is 0 Å². The van der Waals surface area contributed by atoms with Gasteiger partial charge in [0.05, 0.1) is 0 Å². The highest BCUT2D eigenvalue weighted by Crippen LogP contribution is 2.35. The van der Waals surface area contributed by atoms with E-state index >= 15 is 0 Å². The second-order valence-electron chi connectivity index (χ2n) is 5.83. The minimum absolute atomic E-state index is 0.443. The summed E-state index contributed by atoms with van der Waals surface area (Å²) in [5.74, 6) is 0. The molecule has 1 spiro atoms. The van der Waals surface area contributed by atoms with E-state index in [1.807, 2.05) is 0 Å². The number of hydrogen-bond acceptors (Lipinski definition) is 1. The van der Waals surface area contributed by atoms with Crippen molar-refractivity contribution >= 4 is 0 Å². The van der Waals surface area contributed by atoms with E-state index in [0.29, 0.717) is 5.54 Å². The zero-order valence-corrected chi connectivity index (χ0v) is 10.9. The summed E-state index contributed by atoms with van der Waals surface area (Å²) in [5.41, 5.74) is 5.06. The molecule has 1 heteroatoms. The molecule has 1 saturated carbocycles. The molecule has 17 heavy (non-hydrogen) atoms. The van der Waals surface area contributed by atoms with Gasteiger partial charge in [0.2, 0.25) is 0 Å². The van der Waals surface area contributed by atoms with Crippen LogP contribution in [0.25, 0.3) is 0 Å². The Hall–Kier alpha value is -0.820. The predicted molar refractivity (Wildman–Crippen MR) is 72.2 cm³/mol. The first kappa shape index (κ1) is 11.3. The first-order chi connectivity index (χ1) is 8.31. The van der Waals surface area contributed by atoms with Crippen molar-refractivity contribution in [3.05, 3.63) is 34.9 Å². The number of nitrogens with one attached hydrogen (secondary N) is 1. The van der Waals surface area contributed by atoms with Gasteiger partial charge >= 0.3 is 0 Å². The van der Waals surface area contributed by atoms with Crippen LogP contribution in [0.5, 0.6) is 0 Å². The lowest BCUT2D eigenvalue weighted by Gasteiger charge is -2.42. The van der Waals surface area contributed by atoms with Gasteiger partial charge in [0.15, 0.2) is 0 Å². The molecule has 92 valence electrons. The molecule has 1 aliphatic heterocycles. The van der Waals surface area contributed by atoms with E-state index in [-0.39, 0.29) is 0 Å². The molecule has 1 fully saturated rings. The Morgan fingerprint density at radius 1 is 1.12 bits per heavy atom. The van der Waals surface area contributed by atoms with Crippen molar-refractivity contribution in [2.45, 2.75) is 64.0 Å². The van der Waals surface area contributed by atoms with Crippen molar-refractivity contribution in [3.8, 4) is 0 Å². The summed E-state index contributed by atoms with van der Waals surface area (Å²) >= 11 is 0. The highest BCUT2D eigenvalue weighted by atomic mass is 15.0. The fourth-order valence-electron chi connectivity index (χ4n) is 3.53. The molecule has 1 nitrogen and oxygen atoms in total. The van der Waals surface area contributed by atoms with Gasteiger partial charge < -0.3 is 5.32 Å². The van der Waals surface area contributed by atoms with Crippen molar-refractivity contribution in [2.75, 3.05) is 0 Å². The van der Waals surface area contributed by atoms with Crippen LogP contribution in [0.15, 0.2) is 18.2 Å². The van der Waals surface area contributed by atoms with E-state index < -0.39 is 0 Å². The third kappa shape index (κ3) is 2.13. The Morgan fingerprint density at radius 2 is 1.94 bits per heavy atom. The Balaban J connectivity index is 1.85. The van der Waals surface area contributed by atoms with Crippen LogP contribution in [0.4, 0.5) is 0 Å². The lowest BCUT2D eigenvalue weighted by atomic mass is 9.74. The molecule has 1 aliphatic carbocycles. The molecule has 3 rings (SSSR count). The van der Waals surface area contributed by atoms with Gasteiger partial charge in [-0.2, -0.15) is 0 Å². The fourth-order valence-corrected chi connectivity index (χ4v) is 3.53. The molecule has 0 bridgehead atoms. The maximum absolute atomic E-state index is 3.84. The Kier molecular flexibility index (Phi) is 2.96. The molecule has 2 aliphatic rings. The predicted octanol–water partition coefficient (Wildman–Crippen LogP) is 3.60. The maximum atomic E-state index is 3.84. The molecule has 0 saturated heterocycles. The molecule has 1 aromatic carbocycles. The minimum Gasteiger partial charge on any atom is -0.307 e. The smallest absolute Gasteiger partial charge is 0.0225 e. The zero-order chi connectivity index (χ0) is 11.7. The van der Waals surface area contributed by atoms with Gasteiger partial charge in [0.1, 0.15) is 0 Å². The molecular weight excluding hydrogens is 206 g/mol. The highest BCUT2D eigenvalue weighted by molar-refractivity contribution is 5.35. The number of rotatable bonds is 1. The van der Waals surface area contributed by atoms with Crippen LogP contribution >= 0.6 is 0 Å². The number of aryl methyl sites for hydroxylation is 1. The number of hydrogen-bond donors (Lipinski definition) is 1. The van der Waals surface area contributed by atoms with E-state index in [0.717, 1.165) is 13.0 Å². The third-order valence-electron chi connectivity index (χ3n) is 4.67. The van der Waals surface area contributed by atoms with E-state index in [2.05, 4.69) is 30.4 Å². The Labute approximate surface area is 105 Å². The van der Waals surface area contributed by atoms with Gasteiger partial charge in [-0.15, -0.1) is 0 Å². The second kappa shape index (κ2) is 4.45. The molecular formula is C16H23N. The number of fused-ring (bicyclic) bond motifs is 1. The molecule has 0 amide bonds. The molecule has 1 N–H and O–H groups in total. The van der Waals surface area contributed by atoms with Crippen LogP contribution < -0.4 is 5.32 Å². The summed E-state index contributed by atoms with van der Waals surface area (Å²) in [7, 11) is 0. The van der Waals surface area contributed by atoms with Crippen molar-refractivity contribution in [3.63, 3.8) is 0 Å². The van der Waals surface area contributed by atoms with Gasteiger partial charge in [0.25, 0.3) is 0 Å². The van der Waals surface area contributed by atoms with Crippen LogP contribution in [0.1, 0.15) is 55.7 Å². The zero-order valence-electron chi connectivity index (χ0n) is 10.9. The SMILES string of the molecule is CCc1ccc2c(c1)CNC1(CCCCC1)C2. The lowest BCUT2D eigenvalue weighted by Crippen LogP contribution is -2.50. The quantitative estimate of drug-likeness (QED) is 0.776.